The zero-order valence-electron chi connectivity index (χ0n) is 14.2. The van der Waals surface area contributed by atoms with Crippen LogP contribution in [0.5, 0.6) is 0 Å². The van der Waals surface area contributed by atoms with Gasteiger partial charge in [0.2, 0.25) is 0 Å². The molecule has 1 aliphatic carbocycles. The van der Waals surface area contributed by atoms with Crippen molar-refractivity contribution >= 4 is 11.6 Å². The van der Waals surface area contributed by atoms with E-state index < -0.39 is 11.9 Å². The van der Waals surface area contributed by atoms with Gasteiger partial charge in [0.1, 0.15) is 12.1 Å². The summed E-state index contributed by atoms with van der Waals surface area (Å²) in [6.07, 6.45) is -2.64. The molecule has 2 aromatic rings. The average Bonchev–Trinajstić information content (AvgIpc) is 2.98. The summed E-state index contributed by atoms with van der Waals surface area (Å²) in [5.74, 6) is 0.236. The van der Waals surface area contributed by atoms with Crippen molar-refractivity contribution in [3.05, 3.63) is 18.1 Å². The predicted molar refractivity (Wildman–Crippen MR) is 81.8 cm³/mol. The van der Waals surface area contributed by atoms with Crippen LogP contribution in [0.2, 0.25) is 0 Å². The summed E-state index contributed by atoms with van der Waals surface area (Å²) >= 11 is 0. The van der Waals surface area contributed by atoms with Crippen LogP contribution in [-0.2, 0) is 10.9 Å². The predicted octanol–water partition coefficient (Wildman–Crippen LogP) is 2.78. The van der Waals surface area contributed by atoms with Crippen molar-refractivity contribution in [2.24, 2.45) is 5.41 Å². The highest BCUT2D eigenvalue weighted by atomic mass is 19.4. The number of halogens is 3. The Morgan fingerprint density at radius 3 is 2.54 bits per heavy atom. The lowest BCUT2D eigenvalue weighted by Gasteiger charge is -2.61. The second kappa shape index (κ2) is 5.05. The van der Waals surface area contributed by atoms with Gasteiger partial charge in [0, 0.05) is 31.7 Å². The Bertz CT molecular complexity index is 772. The summed E-state index contributed by atoms with van der Waals surface area (Å²) in [6.45, 7) is 6.10. The molecule has 0 unspecified atom stereocenters. The molecular formula is C15H20F3N5O. The Labute approximate surface area is 137 Å². The first-order valence-electron chi connectivity index (χ1n) is 7.57. The Morgan fingerprint density at radius 1 is 1.33 bits per heavy atom. The molecule has 2 heterocycles. The van der Waals surface area contributed by atoms with Gasteiger partial charge in [-0.15, -0.1) is 0 Å². The van der Waals surface area contributed by atoms with E-state index in [9.17, 15) is 13.2 Å². The van der Waals surface area contributed by atoms with Crippen LogP contribution in [0.25, 0.3) is 5.78 Å². The fourth-order valence-electron chi connectivity index (χ4n) is 3.43. The highest BCUT2D eigenvalue weighted by molar-refractivity contribution is 5.49. The molecule has 9 heteroatoms. The fourth-order valence-corrected chi connectivity index (χ4v) is 3.43. The van der Waals surface area contributed by atoms with Gasteiger partial charge in [-0.3, -0.25) is 0 Å². The number of fused-ring (bicyclic) bond motifs is 1. The summed E-state index contributed by atoms with van der Waals surface area (Å²) in [5, 5.41) is 4.01. The van der Waals surface area contributed by atoms with E-state index in [1.165, 1.54) is 10.8 Å². The highest BCUT2D eigenvalue weighted by Gasteiger charge is 2.59. The second-order valence-electron chi connectivity index (χ2n) is 6.96. The van der Waals surface area contributed by atoms with Crippen molar-refractivity contribution in [2.45, 2.75) is 45.0 Å². The number of alkyl halides is 3. The third kappa shape index (κ3) is 2.25. The molecule has 0 amide bonds. The molecule has 6 nitrogen and oxygen atoms in total. The standard InChI is InChI=1S/C15H20F3N5O/c1-13(2)10(7-14(13,3)24-5)22(4)11-6-9(15(16,17)18)21-12-19-8-20-23(11)12/h6,8,10H,7H2,1-5H3/t10-,14-/m1/s1. The zero-order valence-corrected chi connectivity index (χ0v) is 14.2. The lowest BCUT2D eigenvalue weighted by molar-refractivity contribution is -0.172. The first kappa shape index (κ1) is 16.9. The fraction of sp³-hybridized carbons (Fsp3) is 0.667. The van der Waals surface area contributed by atoms with E-state index in [1.54, 1.807) is 19.1 Å². The van der Waals surface area contributed by atoms with Gasteiger partial charge < -0.3 is 9.64 Å². The molecule has 0 saturated heterocycles. The van der Waals surface area contributed by atoms with Crippen LogP contribution in [0, 0.1) is 5.41 Å². The van der Waals surface area contributed by atoms with Crippen molar-refractivity contribution < 1.29 is 17.9 Å². The van der Waals surface area contributed by atoms with E-state index in [0.29, 0.717) is 12.2 Å². The van der Waals surface area contributed by atoms with Crippen LogP contribution in [0.3, 0.4) is 0 Å². The largest absolute Gasteiger partial charge is 0.433 e. The van der Waals surface area contributed by atoms with Crippen LogP contribution in [-0.4, -0.2) is 45.4 Å². The number of nitrogens with zero attached hydrogens (tertiary/aromatic N) is 5. The molecule has 0 spiro atoms. The van der Waals surface area contributed by atoms with Crippen molar-refractivity contribution in [3.63, 3.8) is 0 Å². The van der Waals surface area contributed by atoms with Gasteiger partial charge in [-0.25, -0.2) is 4.98 Å². The molecule has 1 saturated carbocycles. The molecular weight excluding hydrogens is 323 g/mol. The van der Waals surface area contributed by atoms with Gasteiger partial charge in [-0.05, 0) is 13.3 Å². The number of anilines is 1. The minimum absolute atomic E-state index is 0.00154. The third-order valence-electron chi connectivity index (χ3n) is 5.58. The molecule has 2 aromatic heterocycles. The number of hydrogen-bond acceptors (Lipinski definition) is 5. The van der Waals surface area contributed by atoms with Crippen molar-refractivity contribution in [3.8, 4) is 0 Å². The maximum Gasteiger partial charge on any atom is 0.433 e. The first-order valence-corrected chi connectivity index (χ1v) is 7.57. The minimum Gasteiger partial charge on any atom is -0.378 e. The van der Waals surface area contributed by atoms with Gasteiger partial charge in [0.15, 0.2) is 5.69 Å². The Morgan fingerprint density at radius 2 is 2.00 bits per heavy atom. The minimum atomic E-state index is -4.54. The van der Waals surface area contributed by atoms with E-state index in [1.807, 2.05) is 20.8 Å². The van der Waals surface area contributed by atoms with Crippen LogP contribution in [0.15, 0.2) is 12.4 Å². The molecule has 3 rings (SSSR count). The van der Waals surface area contributed by atoms with Crippen molar-refractivity contribution in [1.29, 1.82) is 0 Å². The highest BCUT2D eigenvalue weighted by Crippen LogP contribution is 2.54. The van der Waals surface area contributed by atoms with Crippen LogP contribution in [0.4, 0.5) is 19.0 Å². The molecule has 0 aliphatic heterocycles. The molecule has 1 aliphatic rings. The van der Waals surface area contributed by atoms with E-state index in [2.05, 4.69) is 15.1 Å². The average molecular weight is 343 g/mol. The van der Waals surface area contributed by atoms with Crippen LogP contribution >= 0.6 is 0 Å². The number of aromatic nitrogens is 4. The zero-order chi connectivity index (χ0) is 17.9. The lowest BCUT2D eigenvalue weighted by Crippen LogP contribution is -2.68. The number of methoxy groups -OCH3 is 1. The van der Waals surface area contributed by atoms with Gasteiger partial charge in [-0.2, -0.15) is 27.8 Å². The molecule has 0 aromatic carbocycles. The summed E-state index contributed by atoms with van der Waals surface area (Å²) in [4.78, 5) is 9.16. The Hall–Kier alpha value is -1.90. The normalized spacial score (nSPS) is 26.4. The Kier molecular flexibility index (Phi) is 3.56. The SMILES string of the molecule is CO[C@]1(C)C[C@@H](N(C)c2cc(C(F)(F)F)nc3ncnn23)C1(C)C. The molecule has 1 fully saturated rings. The van der Waals surface area contributed by atoms with Crippen LogP contribution in [0.1, 0.15) is 32.9 Å². The lowest BCUT2D eigenvalue weighted by atomic mass is 9.55. The van der Waals surface area contributed by atoms with Gasteiger partial charge in [0.05, 0.1) is 5.60 Å². The van der Waals surface area contributed by atoms with E-state index in [-0.39, 0.29) is 22.8 Å². The molecule has 0 bridgehead atoms. The second-order valence-corrected chi connectivity index (χ2v) is 6.96. The van der Waals surface area contributed by atoms with Crippen LogP contribution < -0.4 is 4.90 Å². The molecule has 2 atom stereocenters. The number of ether oxygens (including phenoxy) is 1. The smallest absolute Gasteiger partial charge is 0.378 e. The summed E-state index contributed by atoms with van der Waals surface area (Å²) < 4.78 is 46.3. The Balaban J connectivity index is 2.05. The van der Waals surface area contributed by atoms with E-state index in [0.717, 1.165) is 6.07 Å². The maximum atomic E-state index is 13.1. The molecule has 0 N–H and O–H groups in total. The van der Waals surface area contributed by atoms with E-state index in [4.69, 9.17) is 4.74 Å². The topological polar surface area (TPSA) is 55.5 Å². The quantitative estimate of drug-likeness (QED) is 0.858. The molecule has 132 valence electrons. The summed E-state index contributed by atoms with van der Waals surface area (Å²) in [6, 6.07) is 1.01. The van der Waals surface area contributed by atoms with Gasteiger partial charge in [-0.1, -0.05) is 13.8 Å². The third-order valence-corrected chi connectivity index (χ3v) is 5.58. The van der Waals surface area contributed by atoms with Gasteiger partial charge in [0.25, 0.3) is 5.78 Å². The summed E-state index contributed by atoms with van der Waals surface area (Å²) in [7, 11) is 3.42. The number of rotatable bonds is 3. The molecule has 24 heavy (non-hydrogen) atoms. The van der Waals surface area contributed by atoms with Crippen molar-refractivity contribution in [2.75, 3.05) is 19.1 Å². The van der Waals surface area contributed by atoms with E-state index >= 15 is 0 Å². The summed E-state index contributed by atoms with van der Waals surface area (Å²) in [5.41, 5.74) is -1.55. The number of hydrogen-bond donors (Lipinski definition) is 0. The first-order chi connectivity index (χ1) is 11.0. The molecule has 0 radical (unpaired) electrons. The van der Waals surface area contributed by atoms with Gasteiger partial charge >= 0.3 is 6.18 Å². The monoisotopic (exact) mass is 343 g/mol. The van der Waals surface area contributed by atoms with Crippen molar-refractivity contribution in [1.82, 2.24) is 19.6 Å². The maximum absolute atomic E-state index is 13.1.